The molecule has 0 saturated carbocycles. The zero-order chi connectivity index (χ0) is 19.0. The number of carboxylic acid groups (broad SMARTS) is 1. The number of rotatable bonds is 5. The summed E-state index contributed by atoms with van der Waals surface area (Å²) in [4.78, 5) is 32.0. The van der Waals surface area contributed by atoms with Crippen LogP contribution in [0.2, 0.25) is 0 Å². The van der Waals surface area contributed by atoms with E-state index < -0.39 is 17.5 Å². The molecule has 3 heterocycles. The second kappa shape index (κ2) is 6.89. The van der Waals surface area contributed by atoms with Crippen LogP contribution in [0.5, 0.6) is 0 Å². The second-order valence-corrected chi connectivity index (χ2v) is 6.21. The van der Waals surface area contributed by atoms with Crippen molar-refractivity contribution in [2.24, 2.45) is 0 Å². The van der Waals surface area contributed by atoms with Crippen LogP contribution >= 0.6 is 0 Å². The van der Waals surface area contributed by atoms with Crippen molar-refractivity contribution in [1.29, 1.82) is 0 Å². The van der Waals surface area contributed by atoms with Crippen molar-refractivity contribution in [1.82, 2.24) is 24.5 Å². The van der Waals surface area contributed by atoms with Gasteiger partial charge < -0.3 is 14.8 Å². The van der Waals surface area contributed by atoms with E-state index in [2.05, 4.69) is 15.1 Å². The molecule has 0 unspecified atom stereocenters. The van der Waals surface area contributed by atoms with E-state index in [9.17, 15) is 14.0 Å². The Morgan fingerprint density at radius 2 is 2.19 bits per heavy atom. The van der Waals surface area contributed by atoms with Crippen molar-refractivity contribution in [2.45, 2.75) is 13.0 Å². The highest BCUT2D eigenvalue weighted by Crippen LogP contribution is 2.23. The van der Waals surface area contributed by atoms with Gasteiger partial charge in [0.1, 0.15) is 19.2 Å². The summed E-state index contributed by atoms with van der Waals surface area (Å²) in [7, 11) is 0. The van der Waals surface area contributed by atoms with Crippen molar-refractivity contribution < 1.29 is 19.0 Å². The lowest BCUT2D eigenvalue weighted by atomic mass is 10.1. The number of H-pyrrole nitrogens is 1. The van der Waals surface area contributed by atoms with Gasteiger partial charge in [-0.15, -0.1) is 5.10 Å². The summed E-state index contributed by atoms with van der Waals surface area (Å²) >= 11 is 0. The van der Waals surface area contributed by atoms with Crippen molar-refractivity contribution in [2.75, 3.05) is 19.9 Å². The molecule has 10 heteroatoms. The number of ether oxygens (including phenoxy) is 1. The van der Waals surface area contributed by atoms with Crippen LogP contribution in [0.3, 0.4) is 0 Å². The maximum absolute atomic E-state index is 14.1. The Bertz CT molecular complexity index is 1080. The number of halogens is 1. The Morgan fingerprint density at radius 1 is 1.37 bits per heavy atom. The Labute approximate surface area is 152 Å². The monoisotopic (exact) mass is 373 g/mol. The second-order valence-electron chi connectivity index (χ2n) is 6.21. The lowest BCUT2D eigenvalue weighted by Gasteiger charge is -2.27. The zero-order valence-corrected chi connectivity index (χ0v) is 14.2. The van der Waals surface area contributed by atoms with E-state index in [1.807, 2.05) is 4.90 Å². The fourth-order valence-electron chi connectivity index (χ4n) is 3.12. The van der Waals surface area contributed by atoms with Gasteiger partial charge in [0, 0.05) is 30.8 Å². The summed E-state index contributed by atoms with van der Waals surface area (Å²) in [5, 5.41) is 12.8. The topological polar surface area (TPSA) is 113 Å². The van der Waals surface area contributed by atoms with Gasteiger partial charge in [0.25, 0.3) is 0 Å². The van der Waals surface area contributed by atoms with Crippen LogP contribution in [0.25, 0.3) is 17.0 Å². The minimum atomic E-state index is -1.04. The average molecular weight is 373 g/mol. The van der Waals surface area contributed by atoms with Gasteiger partial charge in [-0.1, -0.05) is 12.1 Å². The van der Waals surface area contributed by atoms with Crippen molar-refractivity contribution >= 4 is 11.6 Å². The average Bonchev–Trinajstić information content (AvgIpc) is 3.08. The number of hydrogen-bond acceptors (Lipinski definition) is 6. The van der Waals surface area contributed by atoms with E-state index in [1.54, 1.807) is 18.2 Å². The highest BCUT2D eigenvalue weighted by Gasteiger charge is 2.23. The van der Waals surface area contributed by atoms with E-state index in [4.69, 9.17) is 9.84 Å². The van der Waals surface area contributed by atoms with Crippen LogP contribution in [0, 0.1) is 5.82 Å². The number of nitrogens with one attached hydrogen (secondary N) is 1. The maximum Gasteiger partial charge on any atom is 0.348 e. The molecule has 140 valence electrons. The van der Waals surface area contributed by atoms with Gasteiger partial charge in [0.05, 0.1) is 5.56 Å². The van der Waals surface area contributed by atoms with E-state index in [0.717, 1.165) is 15.8 Å². The summed E-state index contributed by atoms with van der Waals surface area (Å²) in [6.07, 6.45) is 0.555. The van der Waals surface area contributed by atoms with E-state index in [0.29, 0.717) is 25.2 Å². The quantitative estimate of drug-likeness (QED) is 0.675. The van der Waals surface area contributed by atoms with Crippen LogP contribution in [0.4, 0.5) is 4.39 Å². The minimum Gasteiger partial charge on any atom is -0.480 e. The lowest BCUT2D eigenvalue weighted by molar-refractivity contribution is -0.144. The van der Waals surface area contributed by atoms with Crippen molar-refractivity contribution in [3.8, 4) is 11.4 Å². The molecule has 0 atom stereocenters. The highest BCUT2D eigenvalue weighted by molar-refractivity contribution is 5.68. The number of carboxylic acids is 1. The molecule has 3 aromatic rings. The Kier molecular flexibility index (Phi) is 4.42. The van der Waals surface area contributed by atoms with E-state index in [-0.39, 0.29) is 24.7 Å². The first-order chi connectivity index (χ1) is 13.0. The molecule has 1 aliphatic rings. The largest absolute Gasteiger partial charge is 0.480 e. The lowest BCUT2D eigenvalue weighted by Crippen LogP contribution is -2.36. The van der Waals surface area contributed by atoms with Gasteiger partial charge >= 0.3 is 11.7 Å². The molecule has 1 aliphatic heterocycles. The number of carbonyl (C=O) groups is 1. The van der Waals surface area contributed by atoms with E-state index in [1.165, 1.54) is 6.07 Å². The SMILES string of the molecule is O=C(O)COCN1CCc2[nH]c(=O)n3nc(-c4ccccc4F)nc3c2C1. The Hall–Kier alpha value is -3.11. The van der Waals surface area contributed by atoms with Gasteiger partial charge in [0.2, 0.25) is 0 Å². The molecule has 0 amide bonds. The molecule has 0 radical (unpaired) electrons. The van der Waals surface area contributed by atoms with Crippen molar-refractivity contribution in [3.63, 3.8) is 0 Å². The number of aromatic nitrogens is 4. The van der Waals surface area contributed by atoms with Gasteiger partial charge in [-0.3, -0.25) is 4.90 Å². The molecule has 9 nitrogen and oxygen atoms in total. The number of aromatic amines is 1. The van der Waals surface area contributed by atoms with Crippen LogP contribution in [-0.2, 0) is 22.5 Å². The smallest absolute Gasteiger partial charge is 0.348 e. The Balaban J connectivity index is 1.70. The third-order valence-corrected chi connectivity index (χ3v) is 4.37. The zero-order valence-electron chi connectivity index (χ0n) is 14.2. The number of nitrogens with zero attached hydrogens (tertiary/aromatic N) is 4. The molecular formula is C17H16FN5O4. The molecule has 0 spiro atoms. The predicted molar refractivity (Wildman–Crippen MR) is 91.6 cm³/mol. The van der Waals surface area contributed by atoms with Gasteiger partial charge in [-0.25, -0.2) is 19.0 Å². The first-order valence-electron chi connectivity index (χ1n) is 8.30. The molecule has 1 aromatic carbocycles. The fraction of sp³-hybridized carbons (Fsp3) is 0.294. The van der Waals surface area contributed by atoms with Crippen LogP contribution in [-0.4, -0.2) is 55.4 Å². The molecule has 4 rings (SSSR count). The summed E-state index contributed by atoms with van der Waals surface area (Å²) in [6.45, 7) is 0.774. The third-order valence-electron chi connectivity index (χ3n) is 4.37. The summed E-state index contributed by atoms with van der Waals surface area (Å²) in [5.41, 5.74) is 1.64. The number of hydrogen-bond donors (Lipinski definition) is 2. The van der Waals surface area contributed by atoms with Crippen LogP contribution in [0.1, 0.15) is 11.3 Å². The summed E-state index contributed by atoms with van der Waals surface area (Å²) in [6, 6.07) is 6.10. The number of benzene rings is 1. The first-order valence-corrected chi connectivity index (χ1v) is 8.30. The molecule has 0 bridgehead atoms. The first kappa shape index (κ1) is 17.3. The number of aliphatic carboxylic acids is 1. The van der Waals surface area contributed by atoms with Crippen molar-refractivity contribution in [3.05, 3.63) is 51.8 Å². The molecular weight excluding hydrogens is 357 g/mol. The van der Waals surface area contributed by atoms with Gasteiger partial charge in [0.15, 0.2) is 11.5 Å². The maximum atomic E-state index is 14.1. The predicted octanol–water partition coefficient (Wildman–Crippen LogP) is 0.641. The third kappa shape index (κ3) is 3.32. The molecule has 2 aromatic heterocycles. The standard InChI is InChI=1S/C17H16FN5O4/c18-12-4-2-1-3-10(12)15-20-16-11-7-22(9-27-8-14(24)25)6-5-13(11)19-17(26)23(16)21-15/h1-4H,5-9H2,(H,19,26)(H,24,25). The van der Waals surface area contributed by atoms with Gasteiger partial charge in [-0.2, -0.15) is 4.52 Å². The van der Waals surface area contributed by atoms with Crippen LogP contribution < -0.4 is 5.69 Å². The molecule has 2 N–H and O–H groups in total. The molecule has 0 fully saturated rings. The van der Waals surface area contributed by atoms with E-state index >= 15 is 0 Å². The molecule has 0 aliphatic carbocycles. The summed E-state index contributed by atoms with van der Waals surface area (Å²) in [5.74, 6) is -1.38. The fourth-order valence-corrected chi connectivity index (χ4v) is 3.12. The normalized spacial score (nSPS) is 14.4. The Morgan fingerprint density at radius 3 is 2.96 bits per heavy atom. The summed E-state index contributed by atoms with van der Waals surface area (Å²) < 4.78 is 20.3. The molecule has 0 saturated heterocycles. The van der Waals surface area contributed by atoms with Gasteiger partial charge in [-0.05, 0) is 12.1 Å². The number of fused-ring (bicyclic) bond motifs is 3. The minimum absolute atomic E-state index is 0.131. The molecule has 27 heavy (non-hydrogen) atoms. The highest BCUT2D eigenvalue weighted by atomic mass is 19.1. The van der Waals surface area contributed by atoms with Crippen LogP contribution in [0.15, 0.2) is 29.1 Å².